The molecule has 1 heterocycles. The van der Waals surface area contributed by atoms with Crippen molar-refractivity contribution in [1.82, 2.24) is 9.88 Å². The van der Waals surface area contributed by atoms with E-state index in [0.29, 0.717) is 11.5 Å². The van der Waals surface area contributed by atoms with Gasteiger partial charge in [0.15, 0.2) is 0 Å². The maximum Gasteiger partial charge on any atom is 0.305 e. The molecule has 1 aliphatic rings. The Morgan fingerprint density at radius 3 is 2.70 bits per heavy atom. The fraction of sp³-hybridized carbons (Fsp3) is 0.389. The van der Waals surface area contributed by atoms with E-state index in [-0.39, 0.29) is 18.9 Å². The lowest BCUT2D eigenvalue weighted by molar-refractivity contribution is -0.137. The van der Waals surface area contributed by atoms with Crippen LogP contribution in [0, 0.1) is 6.92 Å². The lowest BCUT2D eigenvalue weighted by atomic mass is 10.0. The van der Waals surface area contributed by atoms with Gasteiger partial charge in [0.2, 0.25) is 0 Å². The van der Waals surface area contributed by atoms with Crippen LogP contribution in [-0.4, -0.2) is 40.5 Å². The fourth-order valence-corrected chi connectivity index (χ4v) is 2.70. The lowest BCUT2D eigenvalue weighted by Gasteiger charge is -2.18. The van der Waals surface area contributed by atoms with Crippen LogP contribution in [0.5, 0.6) is 0 Å². The molecule has 5 nitrogen and oxygen atoms in total. The molecule has 0 unspecified atom stereocenters. The van der Waals surface area contributed by atoms with Crippen LogP contribution < -0.4 is 0 Å². The number of aliphatic carboxylic acids is 1. The van der Waals surface area contributed by atoms with Gasteiger partial charge in [-0.1, -0.05) is 11.6 Å². The van der Waals surface area contributed by atoms with E-state index in [2.05, 4.69) is 0 Å². The fourth-order valence-electron chi connectivity index (χ4n) is 2.70. The summed E-state index contributed by atoms with van der Waals surface area (Å²) in [4.78, 5) is 29.7. The minimum absolute atomic E-state index is 0.0558. The molecule has 3 rings (SSSR count). The van der Waals surface area contributed by atoms with Crippen LogP contribution in [-0.2, 0) is 4.79 Å². The molecule has 1 saturated carbocycles. The molecular formula is C18H20N2O3. The highest BCUT2D eigenvalue weighted by atomic mass is 16.4. The molecule has 1 fully saturated rings. The Labute approximate surface area is 134 Å². The highest BCUT2D eigenvalue weighted by Gasteiger charge is 2.27. The molecule has 1 N–H and O–H groups in total. The second-order valence-corrected chi connectivity index (χ2v) is 6.26. The van der Waals surface area contributed by atoms with Crippen molar-refractivity contribution in [3.63, 3.8) is 0 Å². The number of carbonyl (C=O) groups is 2. The number of carboxylic acid groups (broad SMARTS) is 1. The molecule has 0 atom stereocenters. The van der Waals surface area contributed by atoms with Gasteiger partial charge < -0.3 is 10.0 Å². The second kappa shape index (κ2) is 5.99. The summed E-state index contributed by atoms with van der Waals surface area (Å²) in [7, 11) is 1.64. The first-order valence-electron chi connectivity index (χ1n) is 7.84. The predicted molar refractivity (Wildman–Crippen MR) is 87.7 cm³/mol. The molecule has 0 aliphatic heterocycles. The van der Waals surface area contributed by atoms with Crippen LogP contribution in [0.1, 0.15) is 46.8 Å². The molecule has 2 aromatic rings. The first kappa shape index (κ1) is 15.5. The van der Waals surface area contributed by atoms with Gasteiger partial charge in [-0.25, -0.2) is 0 Å². The van der Waals surface area contributed by atoms with Gasteiger partial charge in [-0.05, 0) is 38.0 Å². The van der Waals surface area contributed by atoms with Crippen LogP contribution in [0.4, 0.5) is 0 Å². The van der Waals surface area contributed by atoms with Gasteiger partial charge in [0.25, 0.3) is 5.91 Å². The SMILES string of the molecule is Cc1ccc2nc(C3CC3)cc(C(=O)N(C)CCC(=O)O)c2c1. The third-order valence-corrected chi connectivity index (χ3v) is 4.22. The van der Waals surface area contributed by atoms with E-state index in [0.717, 1.165) is 35.0 Å². The second-order valence-electron chi connectivity index (χ2n) is 6.26. The Morgan fingerprint density at radius 2 is 2.04 bits per heavy atom. The Balaban J connectivity index is 2.01. The van der Waals surface area contributed by atoms with Gasteiger partial charge in [0.05, 0.1) is 17.5 Å². The van der Waals surface area contributed by atoms with Crippen molar-refractivity contribution < 1.29 is 14.7 Å². The molecule has 5 heteroatoms. The Bertz CT molecular complexity index is 781. The zero-order valence-electron chi connectivity index (χ0n) is 13.4. The summed E-state index contributed by atoms with van der Waals surface area (Å²) in [6, 6.07) is 7.80. The summed E-state index contributed by atoms with van der Waals surface area (Å²) in [5.74, 6) is -0.596. The zero-order valence-corrected chi connectivity index (χ0v) is 13.4. The van der Waals surface area contributed by atoms with E-state index in [1.165, 1.54) is 4.90 Å². The average Bonchev–Trinajstić information content (AvgIpc) is 3.35. The highest BCUT2D eigenvalue weighted by molar-refractivity contribution is 6.06. The third kappa shape index (κ3) is 3.33. The summed E-state index contributed by atoms with van der Waals surface area (Å²) < 4.78 is 0. The van der Waals surface area contributed by atoms with E-state index in [1.807, 2.05) is 31.2 Å². The minimum atomic E-state index is -0.904. The number of aryl methyl sites for hydroxylation is 1. The first-order valence-corrected chi connectivity index (χ1v) is 7.84. The molecule has 1 aromatic carbocycles. The van der Waals surface area contributed by atoms with Crippen LogP contribution in [0.15, 0.2) is 24.3 Å². The maximum atomic E-state index is 12.8. The van der Waals surface area contributed by atoms with Crippen molar-refractivity contribution in [2.24, 2.45) is 0 Å². The molecular weight excluding hydrogens is 292 g/mol. The standard InChI is InChI=1S/C18H20N2O3/c1-11-3-6-15-13(9-11)14(10-16(19-15)12-4-5-12)18(23)20(2)8-7-17(21)22/h3,6,9-10,12H,4-5,7-8H2,1-2H3,(H,21,22). The zero-order chi connectivity index (χ0) is 16.6. The largest absolute Gasteiger partial charge is 0.481 e. The Kier molecular flexibility index (Phi) is 4.03. The Hall–Kier alpha value is -2.43. The van der Waals surface area contributed by atoms with E-state index < -0.39 is 5.97 Å². The highest BCUT2D eigenvalue weighted by Crippen LogP contribution is 2.40. The van der Waals surface area contributed by atoms with Gasteiger partial charge in [0, 0.05) is 30.6 Å². The molecule has 0 saturated heterocycles. The van der Waals surface area contributed by atoms with E-state index >= 15 is 0 Å². The summed E-state index contributed by atoms with van der Waals surface area (Å²) in [5, 5.41) is 9.63. The maximum absolute atomic E-state index is 12.8. The molecule has 1 aromatic heterocycles. The number of aromatic nitrogens is 1. The van der Waals surface area contributed by atoms with Crippen molar-refractivity contribution in [3.05, 3.63) is 41.1 Å². The van der Waals surface area contributed by atoms with Crippen LogP contribution >= 0.6 is 0 Å². The van der Waals surface area contributed by atoms with Crippen molar-refractivity contribution in [1.29, 1.82) is 0 Å². The number of nitrogens with zero attached hydrogens (tertiary/aromatic N) is 2. The topological polar surface area (TPSA) is 70.5 Å². The minimum Gasteiger partial charge on any atom is -0.481 e. The van der Waals surface area contributed by atoms with Crippen LogP contribution in [0.25, 0.3) is 10.9 Å². The number of hydrogen-bond donors (Lipinski definition) is 1. The van der Waals surface area contributed by atoms with Crippen molar-refractivity contribution in [2.45, 2.75) is 32.1 Å². The van der Waals surface area contributed by atoms with E-state index in [1.54, 1.807) is 7.05 Å². The lowest BCUT2D eigenvalue weighted by Crippen LogP contribution is -2.29. The number of rotatable bonds is 5. The summed E-state index contributed by atoms with van der Waals surface area (Å²) in [5.41, 5.74) is 3.49. The van der Waals surface area contributed by atoms with Gasteiger partial charge in [-0.15, -0.1) is 0 Å². The Morgan fingerprint density at radius 1 is 1.30 bits per heavy atom. The van der Waals surface area contributed by atoms with Crippen molar-refractivity contribution >= 4 is 22.8 Å². The summed E-state index contributed by atoms with van der Waals surface area (Å²) >= 11 is 0. The molecule has 0 spiro atoms. The van der Waals surface area contributed by atoms with E-state index in [9.17, 15) is 9.59 Å². The summed E-state index contributed by atoms with van der Waals surface area (Å²) in [6.07, 6.45) is 2.18. The molecule has 120 valence electrons. The van der Waals surface area contributed by atoms with Crippen LogP contribution in [0.3, 0.4) is 0 Å². The number of pyridine rings is 1. The number of carbonyl (C=O) groups excluding carboxylic acids is 1. The molecule has 0 bridgehead atoms. The number of amides is 1. The van der Waals surface area contributed by atoms with Gasteiger partial charge >= 0.3 is 5.97 Å². The smallest absolute Gasteiger partial charge is 0.305 e. The monoisotopic (exact) mass is 312 g/mol. The molecule has 0 radical (unpaired) electrons. The van der Waals surface area contributed by atoms with Gasteiger partial charge in [-0.3, -0.25) is 14.6 Å². The molecule has 23 heavy (non-hydrogen) atoms. The van der Waals surface area contributed by atoms with Crippen molar-refractivity contribution in [2.75, 3.05) is 13.6 Å². The number of carboxylic acids is 1. The number of fused-ring (bicyclic) bond motifs is 1. The van der Waals surface area contributed by atoms with Crippen molar-refractivity contribution in [3.8, 4) is 0 Å². The van der Waals surface area contributed by atoms with E-state index in [4.69, 9.17) is 10.1 Å². The number of benzene rings is 1. The molecule has 1 aliphatic carbocycles. The van der Waals surface area contributed by atoms with Crippen LogP contribution in [0.2, 0.25) is 0 Å². The van der Waals surface area contributed by atoms with Gasteiger partial charge in [-0.2, -0.15) is 0 Å². The quantitative estimate of drug-likeness (QED) is 0.921. The number of hydrogen-bond acceptors (Lipinski definition) is 3. The average molecular weight is 312 g/mol. The summed E-state index contributed by atoms with van der Waals surface area (Å²) in [6.45, 7) is 2.18. The molecule has 1 amide bonds. The van der Waals surface area contributed by atoms with Gasteiger partial charge in [0.1, 0.15) is 0 Å². The first-order chi connectivity index (χ1) is 11.0. The predicted octanol–water partition coefficient (Wildman–Crippen LogP) is 2.97. The normalized spacial score (nSPS) is 14.0. The third-order valence-electron chi connectivity index (χ3n) is 4.22.